The molecule has 3 amide bonds. The van der Waals surface area contributed by atoms with Crippen molar-refractivity contribution in [1.29, 1.82) is 5.41 Å². The third-order valence-electron chi connectivity index (χ3n) is 15.6. The first-order chi connectivity index (χ1) is 35.7. The second kappa shape index (κ2) is 21.4. The topological polar surface area (TPSA) is 193 Å². The molecule has 5 N–H and O–H groups in total. The van der Waals surface area contributed by atoms with Gasteiger partial charge in [0.05, 0.1) is 28.0 Å². The lowest BCUT2D eigenvalue weighted by atomic mass is 9.84. The largest absolute Gasteiger partial charge is 0.490 e. The van der Waals surface area contributed by atoms with E-state index in [4.69, 9.17) is 15.1 Å². The molecule has 2 saturated heterocycles. The molecule has 3 fully saturated rings. The molecule has 0 bridgehead atoms. The van der Waals surface area contributed by atoms with Gasteiger partial charge in [-0.2, -0.15) is 0 Å². The maximum atomic E-state index is 13.7. The van der Waals surface area contributed by atoms with Crippen LogP contribution in [0.3, 0.4) is 0 Å². The number of piperazine rings is 1. The number of fused-ring (bicyclic) bond motifs is 2. The van der Waals surface area contributed by atoms with Gasteiger partial charge in [-0.1, -0.05) is 47.7 Å². The van der Waals surface area contributed by atoms with E-state index in [2.05, 4.69) is 56.7 Å². The van der Waals surface area contributed by atoms with Crippen LogP contribution in [0.15, 0.2) is 91.0 Å². The van der Waals surface area contributed by atoms with Crippen LogP contribution in [-0.4, -0.2) is 101 Å². The van der Waals surface area contributed by atoms with Crippen molar-refractivity contribution in [1.82, 2.24) is 20.2 Å². The van der Waals surface area contributed by atoms with Crippen LogP contribution in [0.2, 0.25) is 0 Å². The zero-order valence-corrected chi connectivity index (χ0v) is 43.4. The van der Waals surface area contributed by atoms with Gasteiger partial charge in [0, 0.05) is 79.8 Å². The molecule has 2 aromatic heterocycles. The Bertz CT molecular complexity index is 3110. The standard InChI is InChI=1S/C58H65N9O6S/c1-35-40(41-23-25-50(62-53(41)56(71)72)66-29-27-37-11-7-13-42(45(37)33-66)54(69)64-57-61-46-14-5-6-16-49(46)74-57)12-8-15-48(35)73-39-20-17-36(18-21-39)10-9-28-65-30-31-67(58(2,3)34-65)38-19-22-43(47(32-38)60-4)52(59)44-24-26-51(68)63-55(44)70/h5-8,11-16,19,22-23,25,32,36,39,44,59-60H,9-10,17-18,20-21,24,26-31,33-34H2,1-4H3,(H,71,72)(H,61,64,69)(H,63,68,70). The normalized spacial score (nSPS) is 19.9. The number of anilines is 4. The fourth-order valence-electron chi connectivity index (χ4n) is 11.7. The van der Waals surface area contributed by atoms with Crippen molar-refractivity contribution < 1.29 is 29.0 Å². The van der Waals surface area contributed by atoms with E-state index in [1.165, 1.54) is 17.8 Å². The van der Waals surface area contributed by atoms with Crippen LogP contribution in [-0.2, 0) is 22.6 Å². The van der Waals surface area contributed by atoms with E-state index in [1.54, 1.807) is 0 Å². The highest BCUT2D eigenvalue weighted by atomic mass is 32.1. The van der Waals surface area contributed by atoms with Crippen LogP contribution in [0.5, 0.6) is 5.75 Å². The summed E-state index contributed by atoms with van der Waals surface area (Å²) < 4.78 is 7.70. The molecule has 1 unspecified atom stereocenters. The maximum Gasteiger partial charge on any atom is 0.355 e. The summed E-state index contributed by atoms with van der Waals surface area (Å²) in [7, 11) is 1.84. The number of hydrogen-bond acceptors (Lipinski definition) is 13. The van der Waals surface area contributed by atoms with Gasteiger partial charge in [-0.25, -0.2) is 14.8 Å². The van der Waals surface area contributed by atoms with Gasteiger partial charge in [0.2, 0.25) is 11.8 Å². The lowest BCUT2D eigenvalue weighted by Crippen LogP contribution is -2.59. The number of carboxylic acids is 1. The Kier molecular flexibility index (Phi) is 14.5. The van der Waals surface area contributed by atoms with Crippen molar-refractivity contribution in [2.24, 2.45) is 11.8 Å². The molecule has 15 nitrogen and oxygen atoms in total. The van der Waals surface area contributed by atoms with Gasteiger partial charge in [0.1, 0.15) is 11.6 Å². The Morgan fingerprint density at radius 2 is 1.70 bits per heavy atom. The number of amides is 3. The second-order valence-electron chi connectivity index (χ2n) is 20.9. The van der Waals surface area contributed by atoms with Crippen LogP contribution in [0, 0.1) is 24.2 Å². The van der Waals surface area contributed by atoms with E-state index < -0.39 is 17.8 Å². The highest BCUT2D eigenvalue weighted by molar-refractivity contribution is 7.22. The second-order valence-corrected chi connectivity index (χ2v) is 21.9. The predicted octanol–water partition coefficient (Wildman–Crippen LogP) is 9.96. The number of hydrogen-bond donors (Lipinski definition) is 5. The molecule has 1 saturated carbocycles. The lowest BCUT2D eigenvalue weighted by molar-refractivity contribution is -0.134. The molecule has 5 heterocycles. The summed E-state index contributed by atoms with van der Waals surface area (Å²) in [6.45, 7) is 11.4. The van der Waals surface area contributed by atoms with Gasteiger partial charge >= 0.3 is 5.97 Å². The third-order valence-corrected chi connectivity index (χ3v) is 16.6. The summed E-state index contributed by atoms with van der Waals surface area (Å²) in [5.74, 6) is -0.694. The zero-order chi connectivity index (χ0) is 51.7. The Balaban J connectivity index is 0.716. The average molecular weight is 1020 g/mol. The monoisotopic (exact) mass is 1020 g/mol. The fraction of sp³-hybridized carbons (Fsp3) is 0.397. The van der Waals surface area contributed by atoms with Crippen molar-refractivity contribution in [3.05, 3.63) is 125 Å². The number of carbonyl (C=O) groups excluding carboxylic acids is 3. The van der Waals surface area contributed by atoms with Crippen LogP contribution in [0.1, 0.15) is 108 Å². The van der Waals surface area contributed by atoms with E-state index in [0.29, 0.717) is 59.5 Å². The SMILES string of the molecule is CNc1cc(N2CCN(CCCC3CCC(Oc4cccc(-c5ccc(N6CCc7cccc(C(=O)Nc8nc9ccccc9s8)c7C6)nc5C(=O)O)c4C)CC3)CC2(C)C)ccc1C(=N)C1CCC(=O)NC1=O. The number of benzene rings is 4. The molecule has 10 rings (SSSR count). The van der Waals surface area contributed by atoms with E-state index in [0.717, 1.165) is 108 Å². The quantitative estimate of drug-likeness (QED) is 0.0484. The summed E-state index contributed by atoms with van der Waals surface area (Å²) in [5, 5.41) is 28.6. The number of ether oxygens (including phenoxy) is 1. The third kappa shape index (κ3) is 10.6. The number of carbonyl (C=O) groups is 4. The Labute approximate surface area is 436 Å². The number of nitrogens with zero attached hydrogens (tertiary/aromatic N) is 5. The molecular formula is C58H65N9O6S. The van der Waals surface area contributed by atoms with Gasteiger partial charge in [-0.15, -0.1) is 0 Å². The number of aromatic nitrogens is 2. The lowest BCUT2D eigenvalue weighted by Gasteiger charge is -2.49. The fourth-order valence-corrected chi connectivity index (χ4v) is 12.5. The first-order valence-corrected chi connectivity index (χ1v) is 26.8. The molecule has 4 aliphatic rings. The Hall–Kier alpha value is -7.17. The van der Waals surface area contributed by atoms with Crippen LogP contribution < -0.4 is 30.5 Å². The molecule has 6 aromatic rings. The zero-order valence-electron chi connectivity index (χ0n) is 42.6. The summed E-state index contributed by atoms with van der Waals surface area (Å²) in [5.41, 5.74) is 8.23. The van der Waals surface area contributed by atoms with E-state index >= 15 is 0 Å². The number of nitrogens with one attached hydrogen (secondary N) is 4. The number of aromatic carboxylic acids is 1. The van der Waals surface area contributed by atoms with E-state index in [-0.39, 0.29) is 41.3 Å². The molecule has 0 spiro atoms. The number of pyridine rings is 1. The van der Waals surface area contributed by atoms with Crippen molar-refractivity contribution in [2.75, 3.05) is 60.2 Å². The maximum absolute atomic E-state index is 13.7. The highest BCUT2D eigenvalue weighted by Gasteiger charge is 2.36. The van der Waals surface area contributed by atoms with Crippen molar-refractivity contribution in [3.8, 4) is 16.9 Å². The molecule has 1 atom stereocenters. The number of para-hydroxylation sites is 1. The average Bonchev–Trinajstić information content (AvgIpc) is 3.81. The summed E-state index contributed by atoms with van der Waals surface area (Å²) in [6, 6.07) is 29.2. The van der Waals surface area contributed by atoms with Crippen molar-refractivity contribution in [3.63, 3.8) is 0 Å². The first-order valence-electron chi connectivity index (χ1n) is 26.0. The summed E-state index contributed by atoms with van der Waals surface area (Å²) >= 11 is 1.44. The minimum atomic E-state index is -1.11. The number of imide groups is 1. The van der Waals surface area contributed by atoms with Crippen LogP contribution >= 0.6 is 11.3 Å². The number of carboxylic acid groups (broad SMARTS) is 1. The Morgan fingerprint density at radius 3 is 2.47 bits per heavy atom. The smallest absolute Gasteiger partial charge is 0.355 e. The van der Waals surface area contributed by atoms with Crippen molar-refractivity contribution >= 4 is 73.3 Å². The van der Waals surface area contributed by atoms with Gasteiger partial charge < -0.3 is 30.4 Å². The predicted molar refractivity (Wildman–Crippen MR) is 292 cm³/mol. The van der Waals surface area contributed by atoms with E-state index in [1.807, 2.05) is 97.7 Å². The number of piperidine rings is 1. The molecular weight excluding hydrogens is 951 g/mol. The summed E-state index contributed by atoms with van der Waals surface area (Å²) in [4.78, 5) is 67.3. The first kappa shape index (κ1) is 50.4. The molecule has 3 aliphatic heterocycles. The molecule has 384 valence electrons. The van der Waals surface area contributed by atoms with E-state index in [9.17, 15) is 24.3 Å². The van der Waals surface area contributed by atoms with Gasteiger partial charge in [0.15, 0.2) is 10.8 Å². The van der Waals surface area contributed by atoms with Gasteiger partial charge in [0.25, 0.3) is 5.91 Å². The number of thiazole rings is 1. The minimum absolute atomic E-state index is 0.0255. The molecule has 74 heavy (non-hydrogen) atoms. The Morgan fingerprint density at radius 1 is 0.892 bits per heavy atom. The van der Waals surface area contributed by atoms with Crippen LogP contribution in [0.25, 0.3) is 21.3 Å². The molecule has 4 aromatic carbocycles. The summed E-state index contributed by atoms with van der Waals surface area (Å²) in [6.07, 6.45) is 7.85. The molecule has 1 aliphatic carbocycles. The molecule has 16 heteroatoms. The van der Waals surface area contributed by atoms with Gasteiger partial charge in [-0.3, -0.25) is 29.9 Å². The number of rotatable bonds is 15. The highest BCUT2D eigenvalue weighted by Crippen LogP contribution is 2.38. The van der Waals surface area contributed by atoms with Crippen LogP contribution in [0.4, 0.5) is 22.3 Å². The van der Waals surface area contributed by atoms with Gasteiger partial charge in [-0.05, 0) is 161 Å². The minimum Gasteiger partial charge on any atom is -0.490 e. The van der Waals surface area contributed by atoms with Crippen molar-refractivity contribution in [2.45, 2.75) is 96.7 Å². The molecule has 0 radical (unpaired) electrons.